The molecule has 2 fully saturated rings. The Labute approximate surface area is 231 Å². The van der Waals surface area contributed by atoms with E-state index in [4.69, 9.17) is 23.2 Å². The molecule has 0 spiro atoms. The smallest absolute Gasteiger partial charge is 0.219 e. The summed E-state index contributed by atoms with van der Waals surface area (Å²) in [5, 5.41) is 1.13. The summed E-state index contributed by atoms with van der Waals surface area (Å²) in [5.41, 5.74) is 2.03. The molecule has 0 radical (unpaired) electrons. The molecule has 2 aliphatic rings. The highest BCUT2D eigenvalue weighted by atomic mass is 35.5. The van der Waals surface area contributed by atoms with Gasteiger partial charge in [0.15, 0.2) is 0 Å². The average molecular weight is 545 g/mol. The number of hydrogen-bond donors (Lipinski definition) is 0. The number of rotatable bonds is 7. The summed E-state index contributed by atoms with van der Waals surface area (Å²) < 4.78 is 0. The molecule has 200 valence electrons. The molecule has 0 N–H and O–H groups in total. The van der Waals surface area contributed by atoms with Gasteiger partial charge in [-0.2, -0.15) is 0 Å². The summed E-state index contributed by atoms with van der Waals surface area (Å²) in [6.45, 7) is 7.76. The molecule has 37 heavy (non-hydrogen) atoms. The van der Waals surface area contributed by atoms with Gasteiger partial charge in [-0.3, -0.25) is 9.59 Å². The molecule has 7 heteroatoms. The molecule has 0 saturated carbocycles. The van der Waals surface area contributed by atoms with Gasteiger partial charge in [0.1, 0.15) is 0 Å². The van der Waals surface area contributed by atoms with Crippen molar-refractivity contribution in [1.29, 1.82) is 0 Å². The summed E-state index contributed by atoms with van der Waals surface area (Å²) >= 11 is 12.7. The summed E-state index contributed by atoms with van der Waals surface area (Å²) in [6.07, 6.45) is 5.89. The number of carbonyl (C=O) groups excluding carboxylic acids is 2. The van der Waals surface area contributed by atoms with E-state index in [0.29, 0.717) is 10.0 Å². The highest BCUT2D eigenvalue weighted by molar-refractivity contribution is 6.42. The van der Waals surface area contributed by atoms with Gasteiger partial charge >= 0.3 is 0 Å². The Morgan fingerprint density at radius 1 is 0.919 bits per heavy atom. The van der Waals surface area contributed by atoms with Crippen LogP contribution in [-0.4, -0.2) is 66.3 Å². The second-order valence-corrected chi connectivity index (χ2v) is 11.7. The van der Waals surface area contributed by atoms with E-state index in [2.05, 4.69) is 35.2 Å². The summed E-state index contributed by atoms with van der Waals surface area (Å²) in [7, 11) is 1.94. The first kappa shape index (κ1) is 27.9. The van der Waals surface area contributed by atoms with Crippen molar-refractivity contribution in [1.82, 2.24) is 14.7 Å². The lowest BCUT2D eigenvalue weighted by Gasteiger charge is -2.48. The number of amides is 2. The molecule has 0 aliphatic carbocycles. The lowest BCUT2D eigenvalue weighted by Crippen LogP contribution is -2.53. The Bertz CT molecular complexity index is 1100. The first-order valence-electron chi connectivity index (χ1n) is 13.4. The van der Waals surface area contributed by atoms with Crippen LogP contribution in [0.25, 0.3) is 0 Å². The van der Waals surface area contributed by atoms with Crippen molar-refractivity contribution in [2.75, 3.05) is 39.8 Å². The minimum atomic E-state index is -0.254. The van der Waals surface area contributed by atoms with E-state index in [1.807, 2.05) is 35.0 Å². The lowest BCUT2D eigenvalue weighted by molar-refractivity contribution is -0.136. The molecule has 2 aromatic carbocycles. The number of likely N-dealkylation sites (tertiary alicyclic amines) is 2. The van der Waals surface area contributed by atoms with Gasteiger partial charge in [-0.15, -0.1) is 0 Å². The monoisotopic (exact) mass is 543 g/mol. The fourth-order valence-electron chi connectivity index (χ4n) is 6.47. The van der Waals surface area contributed by atoms with Crippen LogP contribution in [0.4, 0.5) is 0 Å². The Balaban J connectivity index is 1.45. The van der Waals surface area contributed by atoms with Crippen molar-refractivity contribution in [2.45, 2.75) is 63.3 Å². The molecule has 2 aromatic rings. The van der Waals surface area contributed by atoms with Gasteiger partial charge in [-0.05, 0) is 68.3 Å². The second kappa shape index (κ2) is 11.8. The van der Waals surface area contributed by atoms with Crippen LogP contribution < -0.4 is 0 Å². The maximum Gasteiger partial charge on any atom is 0.219 e. The predicted octanol–water partition coefficient (Wildman–Crippen LogP) is 6.12. The number of hydrogen-bond acceptors (Lipinski definition) is 3. The molecule has 0 aromatic heterocycles. The third kappa shape index (κ3) is 6.00. The van der Waals surface area contributed by atoms with Gasteiger partial charge in [0, 0.05) is 52.5 Å². The highest BCUT2D eigenvalue weighted by Crippen LogP contribution is 2.42. The van der Waals surface area contributed by atoms with Gasteiger partial charge < -0.3 is 14.7 Å². The third-order valence-electron chi connectivity index (χ3n) is 8.79. The van der Waals surface area contributed by atoms with Crippen molar-refractivity contribution >= 4 is 35.0 Å². The van der Waals surface area contributed by atoms with Gasteiger partial charge in [0.05, 0.1) is 15.6 Å². The molecule has 4 rings (SSSR count). The summed E-state index contributed by atoms with van der Waals surface area (Å²) in [4.78, 5) is 31.1. The molecule has 5 nitrogen and oxygen atoms in total. The molecular weight excluding hydrogens is 505 g/mol. The molecule has 2 amide bonds. The first-order valence-corrected chi connectivity index (χ1v) is 14.2. The van der Waals surface area contributed by atoms with E-state index in [-0.39, 0.29) is 22.8 Å². The van der Waals surface area contributed by atoms with Crippen molar-refractivity contribution in [2.24, 2.45) is 0 Å². The van der Waals surface area contributed by atoms with Crippen LogP contribution in [0.15, 0.2) is 48.5 Å². The van der Waals surface area contributed by atoms with Gasteiger partial charge in [-0.1, -0.05) is 59.6 Å². The van der Waals surface area contributed by atoms with Crippen molar-refractivity contribution in [3.05, 3.63) is 69.7 Å². The Hall–Kier alpha value is -2.08. The molecule has 2 saturated heterocycles. The largest absolute Gasteiger partial charge is 0.342 e. The fraction of sp³-hybridized carbons (Fsp3) is 0.533. The molecule has 2 aliphatic heterocycles. The standard InChI is InChI=1S/C30H39Cl2N3O2/c1-23(36)33(3)30(25-9-5-4-6-10-25)15-19-34(20-16-30)17-7-13-29(14-8-18-35(22-29)24(2)37)26-11-12-27(31)28(32)21-26/h4-6,9-12,21H,7-8,13-20,22H2,1-3H3/t29-/m0/s1. The van der Waals surface area contributed by atoms with E-state index < -0.39 is 0 Å². The highest BCUT2D eigenvalue weighted by Gasteiger charge is 2.42. The van der Waals surface area contributed by atoms with Gasteiger partial charge in [0.25, 0.3) is 0 Å². The molecule has 0 unspecified atom stereocenters. The zero-order valence-corrected chi connectivity index (χ0v) is 23.8. The fourth-order valence-corrected chi connectivity index (χ4v) is 6.76. The van der Waals surface area contributed by atoms with E-state index in [9.17, 15) is 9.59 Å². The van der Waals surface area contributed by atoms with Crippen LogP contribution in [0, 0.1) is 0 Å². The zero-order chi connectivity index (χ0) is 26.6. The van der Waals surface area contributed by atoms with E-state index in [1.54, 1.807) is 13.8 Å². The van der Waals surface area contributed by atoms with Crippen LogP contribution in [-0.2, 0) is 20.5 Å². The Morgan fingerprint density at radius 3 is 2.24 bits per heavy atom. The van der Waals surface area contributed by atoms with Crippen molar-refractivity contribution < 1.29 is 9.59 Å². The number of halogens is 2. The number of piperidine rings is 2. The normalized spacial score (nSPS) is 22.0. The quantitative estimate of drug-likeness (QED) is 0.422. The van der Waals surface area contributed by atoms with Crippen molar-refractivity contribution in [3.8, 4) is 0 Å². The van der Waals surface area contributed by atoms with Crippen LogP contribution in [0.3, 0.4) is 0 Å². The molecule has 2 heterocycles. The SMILES string of the molecule is CC(=O)N1CCC[C@](CCCN2CCC(c3ccccc3)(N(C)C(C)=O)CC2)(c2ccc(Cl)c(Cl)c2)C1. The minimum absolute atomic E-state index is 0.105. The summed E-state index contributed by atoms with van der Waals surface area (Å²) in [6, 6.07) is 16.4. The first-order chi connectivity index (χ1) is 17.7. The van der Waals surface area contributed by atoms with E-state index in [1.165, 1.54) is 11.1 Å². The Kier molecular flexibility index (Phi) is 8.88. The molecule has 1 atom stereocenters. The average Bonchev–Trinajstić information content (AvgIpc) is 2.91. The topological polar surface area (TPSA) is 43.9 Å². The zero-order valence-electron chi connectivity index (χ0n) is 22.3. The van der Waals surface area contributed by atoms with Gasteiger partial charge in [-0.25, -0.2) is 0 Å². The maximum atomic E-state index is 12.4. The van der Waals surface area contributed by atoms with Gasteiger partial charge in [0.2, 0.25) is 11.8 Å². The van der Waals surface area contributed by atoms with Crippen LogP contribution >= 0.6 is 23.2 Å². The number of benzene rings is 2. The second-order valence-electron chi connectivity index (χ2n) is 10.9. The van der Waals surface area contributed by atoms with Crippen LogP contribution in [0.2, 0.25) is 10.0 Å². The molecule has 0 bridgehead atoms. The van der Waals surface area contributed by atoms with Crippen molar-refractivity contribution in [3.63, 3.8) is 0 Å². The third-order valence-corrected chi connectivity index (χ3v) is 9.53. The summed E-state index contributed by atoms with van der Waals surface area (Å²) in [5.74, 6) is 0.236. The van der Waals surface area contributed by atoms with E-state index >= 15 is 0 Å². The maximum absolute atomic E-state index is 12.4. The molecular formula is C30H39Cl2N3O2. The number of nitrogens with zero attached hydrogens (tertiary/aromatic N) is 3. The van der Waals surface area contributed by atoms with E-state index in [0.717, 1.165) is 71.2 Å². The number of carbonyl (C=O) groups is 2. The van der Waals surface area contributed by atoms with Crippen LogP contribution in [0.1, 0.15) is 63.5 Å². The van der Waals surface area contributed by atoms with Crippen LogP contribution in [0.5, 0.6) is 0 Å². The predicted molar refractivity (Wildman–Crippen MR) is 151 cm³/mol. The Morgan fingerprint density at radius 2 is 1.62 bits per heavy atom. The minimum Gasteiger partial charge on any atom is -0.342 e. The lowest BCUT2D eigenvalue weighted by atomic mass is 9.71.